The highest BCUT2D eigenvalue weighted by Crippen LogP contribution is 2.39. The molecule has 2 N–H and O–H groups in total. The molecule has 1 aliphatic heterocycles. The number of nitrogens with one attached hydrogen (secondary N) is 1. The van der Waals surface area contributed by atoms with E-state index in [4.69, 9.17) is 0 Å². The Bertz CT molecular complexity index is 416. The molecule has 0 saturated carbocycles. The van der Waals surface area contributed by atoms with Crippen molar-refractivity contribution in [2.75, 3.05) is 32.8 Å². The van der Waals surface area contributed by atoms with Crippen molar-refractivity contribution in [3.63, 3.8) is 0 Å². The lowest BCUT2D eigenvalue weighted by atomic mass is 9.79. The molecule has 2 rings (SSSR count). The van der Waals surface area contributed by atoms with Crippen LogP contribution in [0.5, 0.6) is 0 Å². The first-order chi connectivity index (χ1) is 9.06. The van der Waals surface area contributed by atoms with Crippen molar-refractivity contribution in [3.05, 3.63) is 35.6 Å². The van der Waals surface area contributed by atoms with E-state index in [0.29, 0.717) is 5.56 Å². The molecule has 1 fully saturated rings. The van der Waals surface area contributed by atoms with Gasteiger partial charge in [0.15, 0.2) is 0 Å². The van der Waals surface area contributed by atoms with E-state index in [1.54, 1.807) is 6.07 Å². The molecule has 0 amide bonds. The average Bonchev–Trinajstić information content (AvgIpc) is 2.42. The average molecular weight is 266 g/mol. The van der Waals surface area contributed by atoms with Crippen LogP contribution in [0.1, 0.15) is 25.5 Å². The molecular formula is C15H23FN2O. The number of halogens is 1. The maximum Gasteiger partial charge on any atom is 0.128 e. The topological polar surface area (TPSA) is 35.5 Å². The number of hydrogen-bond donors (Lipinski definition) is 2. The number of piperazine rings is 1. The zero-order valence-corrected chi connectivity index (χ0v) is 11.7. The minimum atomic E-state index is -0.375. The predicted molar refractivity (Wildman–Crippen MR) is 74.5 cm³/mol. The summed E-state index contributed by atoms with van der Waals surface area (Å²) in [6.07, 6.45) is 0. The monoisotopic (exact) mass is 266 g/mol. The maximum absolute atomic E-state index is 14.1. The quantitative estimate of drug-likeness (QED) is 0.872. The van der Waals surface area contributed by atoms with Gasteiger partial charge in [0.2, 0.25) is 0 Å². The van der Waals surface area contributed by atoms with Gasteiger partial charge in [0.25, 0.3) is 0 Å². The van der Waals surface area contributed by atoms with E-state index in [-0.39, 0.29) is 23.9 Å². The number of aliphatic hydroxyl groups excluding tert-OH is 1. The summed E-state index contributed by atoms with van der Waals surface area (Å²) in [7, 11) is 0. The number of benzene rings is 1. The van der Waals surface area contributed by atoms with Crippen LogP contribution in [-0.4, -0.2) is 42.8 Å². The number of aliphatic hydroxyl groups is 1. The highest BCUT2D eigenvalue weighted by molar-refractivity contribution is 5.23. The van der Waals surface area contributed by atoms with Gasteiger partial charge in [-0.25, -0.2) is 4.39 Å². The van der Waals surface area contributed by atoms with E-state index in [9.17, 15) is 9.50 Å². The molecule has 1 atom stereocenters. The molecule has 3 nitrogen and oxygen atoms in total. The summed E-state index contributed by atoms with van der Waals surface area (Å²) in [4.78, 5) is 2.27. The first kappa shape index (κ1) is 14.4. The molecule has 1 saturated heterocycles. The summed E-state index contributed by atoms with van der Waals surface area (Å²) in [5.74, 6) is -0.187. The Kier molecular flexibility index (Phi) is 4.55. The van der Waals surface area contributed by atoms with Crippen LogP contribution in [-0.2, 0) is 0 Å². The predicted octanol–water partition coefficient (Wildman–Crippen LogP) is 1.79. The Balaban J connectivity index is 2.36. The van der Waals surface area contributed by atoms with Crippen LogP contribution in [0, 0.1) is 11.2 Å². The lowest BCUT2D eigenvalue weighted by Crippen LogP contribution is -2.49. The Labute approximate surface area is 114 Å². The van der Waals surface area contributed by atoms with Crippen molar-refractivity contribution < 1.29 is 9.50 Å². The van der Waals surface area contributed by atoms with E-state index in [0.717, 1.165) is 26.2 Å². The zero-order chi connectivity index (χ0) is 13.9. The first-order valence-corrected chi connectivity index (χ1v) is 6.86. The fourth-order valence-electron chi connectivity index (χ4n) is 2.84. The van der Waals surface area contributed by atoms with Gasteiger partial charge in [-0.2, -0.15) is 0 Å². The van der Waals surface area contributed by atoms with Gasteiger partial charge < -0.3 is 10.4 Å². The summed E-state index contributed by atoms with van der Waals surface area (Å²) in [5, 5.41) is 13.0. The molecule has 4 heteroatoms. The van der Waals surface area contributed by atoms with Crippen LogP contribution in [0.3, 0.4) is 0 Å². The fourth-order valence-corrected chi connectivity index (χ4v) is 2.84. The second-order valence-electron chi connectivity index (χ2n) is 5.86. The van der Waals surface area contributed by atoms with Crippen LogP contribution in [0.15, 0.2) is 24.3 Å². The number of nitrogens with zero attached hydrogens (tertiary/aromatic N) is 1. The van der Waals surface area contributed by atoms with Crippen molar-refractivity contribution >= 4 is 0 Å². The van der Waals surface area contributed by atoms with E-state index < -0.39 is 0 Å². The van der Waals surface area contributed by atoms with Crippen molar-refractivity contribution in [1.82, 2.24) is 10.2 Å². The van der Waals surface area contributed by atoms with Gasteiger partial charge in [-0.05, 0) is 6.07 Å². The van der Waals surface area contributed by atoms with Gasteiger partial charge >= 0.3 is 0 Å². The fraction of sp³-hybridized carbons (Fsp3) is 0.600. The molecule has 0 unspecified atom stereocenters. The van der Waals surface area contributed by atoms with E-state index in [1.807, 2.05) is 26.0 Å². The van der Waals surface area contributed by atoms with E-state index in [2.05, 4.69) is 10.2 Å². The van der Waals surface area contributed by atoms with Crippen LogP contribution < -0.4 is 5.32 Å². The highest BCUT2D eigenvalue weighted by Gasteiger charge is 2.36. The van der Waals surface area contributed by atoms with Crippen LogP contribution in [0.25, 0.3) is 0 Å². The highest BCUT2D eigenvalue weighted by atomic mass is 19.1. The van der Waals surface area contributed by atoms with Gasteiger partial charge in [-0.3, -0.25) is 4.90 Å². The van der Waals surface area contributed by atoms with Gasteiger partial charge in [-0.1, -0.05) is 32.0 Å². The molecular weight excluding hydrogens is 243 g/mol. The minimum absolute atomic E-state index is 0.0376. The largest absolute Gasteiger partial charge is 0.396 e. The molecule has 1 aromatic carbocycles. The molecule has 1 aliphatic rings. The Morgan fingerprint density at radius 1 is 1.32 bits per heavy atom. The van der Waals surface area contributed by atoms with E-state index in [1.165, 1.54) is 6.07 Å². The lowest BCUT2D eigenvalue weighted by molar-refractivity contribution is 0.0286. The Hall–Kier alpha value is -0.970. The molecule has 0 aromatic heterocycles. The molecule has 0 radical (unpaired) electrons. The Morgan fingerprint density at radius 2 is 1.95 bits per heavy atom. The third-order valence-electron chi connectivity index (χ3n) is 3.86. The lowest BCUT2D eigenvalue weighted by Gasteiger charge is -2.43. The molecule has 106 valence electrons. The summed E-state index contributed by atoms with van der Waals surface area (Å²) in [5.41, 5.74) is 0.308. The molecule has 0 bridgehead atoms. The summed E-state index contributed by atoms with van der Waals surface area (Å²) in [6, 6.07) is 6.80. The number of rotatable bonds is 4. The van der Waals surface area contributed by atoms with Gasteiger partial charge in [-0.15, -0.1) is 0 Å². The second kappa shape index (κ2) is 5.99. The molecule has 0 aliphatic carbocycles. The standard InChI is InChI=1S/C15H23FN2O/c1-15(2,11-19)14(18-9-7-17-8-10-18)12-5-3-4-6-13(12)16/h3-6,14,17,19H,7-11H2,1-2H3/t14-/m1/s1. The van der Waals surface area contributed by atoms with Crippen LogP contribution in [0.4, 0.5) is 4.39 Å². The summed E-state index contributed by atoms with van der Waals surface area (Å²) in [6.45, 7) is 7.60. The molecule has 19 heavy (non-hydrogen) atoms. The van der Waals surface area contributed by atoms with E-state index >= 15 is 0 Å². The smallest absolute Gasteiger partial charge is 0.128 e. The zero-order valence-electron chi connectivity index (χ0n) is 11.7. The van der Waals surface area contributed by atoms with Crippen LogP contribution >= 0.6 is 0 Å². The van der Waals surface area contributed by atoms with Crippen molar-refractivity contribution in [3.8, 4) is 0 Å². The first-order valence-electron chi connectivity index (χ1n) is 6.86. The Morgan fingerprint density at radius 3 is 2.53 bits per heavy atom. The normalized spacial score (nSPS) is 19.4. The van der Waals surface area contributed by atoms with Gasteiger partial charge in [0.05, 0.1) is 0 Å². The van der Waals surface area contributed by atoms with Crippen LogP contribution in [0.2, 0.25) is 0 Å². The number of hydrogen-bond acceptors (Lipinski definition) is 3. The van der Waals surface area contributed by atoms with Crippen molar-refractivity contribution in [2.24, 2.45) is 5.41 Å². The van der Waals surface area contributed by atoms with Gasteiger partial charge in [0.1, 0.15) is 5.82 Å². The third-order valence-corrected chi connectivity index (χ3v) is 3.86. The molecule has 0 spiro atoms. The summed E-state index contributed by atoms with van der Waals surface area (Å²) < 4.78 is 14.1. The van der Waals surface area contributed by atoms with Crippen molar-refractivity contribution in [1.29, 1.82) is 0 Å². The third kappa shape index (κ3) is 3.14. The van der Waals surface area contributed by atoms with Crippen molar-refractivity contribution in [2.45, 2.75) is 19.9 Å². The molecule has 1 heterocycles. The minimum Gasteiger partial charge on any atom is -0.396 e. The molecule has 1 aromatic rings. The maximum atomic E-state index is 14.1. The second-order valence-corrected chi connectivity index (χ2v) is 5.86. The van der Waals surface area contributed by atoms with Gasteiger partial charge in [0, 0.05) is 49.8 Å². The summed E-state index contributed by atoms with van der Waals surface area (Å²) >= 11 is 0. The SMILES string of the molecule is CC(C)(CO)[C@@H](c1ccccc1F)N1CCNCC1.